The molecule has 17 heavy (non-hydrogen) atoms. The van der Waals surface area contributed by atoms with E-state index >= 15 is 0 Å². The Kier molecular flexibility index (Phi) is 4.21. The van der Waals surface area contributed by atoms with E-state index in [0.29, 0.717) is 6.04 Å². The highest BCUT2D eigenvalue weighted by atomic mass is 15.1. The van der Waals surface area contributed by atoms with E-state index in [1.165, 1.54) is 44.2 Å². The topological polar surface area (TPSA) is 29.9 Å². The van der Waals surface area contributed by atoms with Crippen molar-refractivity contribution in [2.24, 2.45) is 13.0 Å². The molecule has 1 N–H and O–H groups in total. The van der Waals surface area contributed by atoms with Gasteiger partial charge >= 0.3 is 0 Å². The third kappa shape index (κ3) is 2.89. The first-order chi connectivity index (χ1) is 8.22. The SMILES string of the molecule is CNC(CC1CCCCC1)c1cnc(C)n1C. The van der Waals surface area contributed by atoms with Gasteiger partial charge in [-0.15, -0.1) is 0 Å². The molecule has 2 rings (SSSR count). The highest BCUT2D eigenvalue weighted by Crippen LogP contribution is 2.31. The fraction of sp³-hybridized carbons (Fsp3) is 0.786. The Bertz CT molecular complexity index is 350. The maximum Gasteiger partial charge on any atom is 0.105 e. The summed E-state index contributed by atoms with van der Waals surface area (Å²) in [4.78, 5) is 4.40. The van der Waals surface area contributed by atoms with Crippen molar-refractivity contribution < 1.29 is 0 Å². The van der Waals surface area contributed by atoms with Gasteiger partial charge < -0.3 is 9.88 Å². The number of hydrogen-bond donors (Lipinski definition) is 1. The molecule has 1 atom stereocenters. The van der Waals surface area contributed by atoms with Gasteiger partial charge in [-0.25, -0.2) is 4.98 Å². The van der Waals surface area contributed by atoms with Gasteiger partial charge in [-0.05, 0) is 26.3 Å². The van der Waals surface area contributed by atoms with E-state index in [2.05, 4.69) is 35.9 Å². The predicted molar refractivity (Wildman–Crippen MR) is 70.9 cm³/mol. The van der Waals surface area contributed by atoms with E-state index in [0.717, 1.165) is 11.7 Å². The molecule has 1 aromatic heterocycles. The van der Waals surface area contributed by atoms with Crippen molar-refractivity contribution in [3.63, 3.8) is 0 Å². The van der Waals surface area contributed by atoms with E-state index < -0.39 is 0 Å². The monoisotopic (exact) mass is 235 g/mol. The molecule has 1 heterocycles. The highest BCUT2D eigenvalue weighted by Gasteiger charge is 2.21. The molecule has 1 aromatic rings. The number of nitrogens with zero attached hydrogens (tertiary/aromatic N) is 2. The Morgan fingerprint density at radius 1 is 1.41 bits per heavy atom. The zero-order valence-corrected chi connectivity index (χ0v) is 11.4. The zero-order chi connectivity index (χ0) is 12.3. The van der Waals surface area contributed by atoms with E-state index in [1.807, 2.05) is 6.20 Å². The summed E-state index contributed by atoms with van der Waals surface area (Å²) in [6, 6.07) is 0.462. The number of imidazole rings is 1. The minimum absolute atomic E-state index is 0.462. The number of aryl methyl sites for hydroxylation is 1. The fourth-order valence-electron chi connectivity index (χ4n) is 2.99. The molecule has 0 amide bonds. The predicted octanol–water partition coefficient (Wildman–Crippen LogP) is 2.96. The second kappa shape index (κ2) is 5.67. The van der Waals surface area contributed by atoms with Gasteiger partial charge in [-0.3, -0.25) is 0 Å². The lowest BCUT2D eigenvalue weighted by Gasteiger charge is -2.26. The Balaban J connectivity index is 2.03. The molecule has 0 bridgehead atoms. The van der Waals surface area contributed by atoms with Crippen LogP contribution in [0.2, 0.25) is 0 Å². The van der Waals surface area contributed by atoms with Crippen molar-refractivity contribution in [1.29, 1.82) is 0 Å². The summed E-state index contributed by atoms with van der Waals surface area (Å²) in [6.07, 6.45) is 10.4. The van der Waals surface area contributed by atoms with Crippen molar-refractivity contribution in [3.8, 4) is 0 Å². The molecule has 0 spiro atoms. The standard InChI is InChI=1S/C14H25N3/c1-11-16-10-14(17(11)3)13(15-2)9-12-7-5-4-6-8-12/h10,12-13,15H,4-9H2,1-3H3. The highest BCUT2D eigenvalue weighted by molar-refractivity contribution is 5.09. The van der Waals surface area contributed by atoms with Crippen LogP contribution in [0.4, 0.5) is 0 Å². The van der Waals surface area contributed by atoms with E-state index in [9.17, 15) is 0 Å². The maximum absolute atomic E-state index is 4.40. The van der Waals surface area contributed by atoms with Crippen LogP contribution in [0.1, 0.15) is 56.1 Å². The van der Waals surface area contributed by atoms with Crippen molar-refractivity contribution in [2.45, 2.75) is 51.5 Å². The number of aromatic nitrogens is 2. The summed E-state index contributed by atoms with van der Waals surface area (Å²) in [5.74, 6) is 2.00. The van der Waals surface area contributed by atoms with E-state index in [4.69, 9.17) is 0 Å². The molecule has 1 saturated carbocycles. The van der Waals surface area contributed by atoms with Crippen LogP contribution in [0, 0.1) is 12.8 Å². The summed E-state index contributed by atoms with van der Waals surface area (Å²) in [7, 11) is 4.18. The van der Waals surface area contributed by atoms with Gasteiger partial charge in [0, 0.05) is 13.1 Å². The van der Waals surface area contributed by atoms with Crippen LogP contribution < -0.4 is 5.32 Å². The van der Waals surface area contributed by atoms with Gasteiger partial charge in [0.15, 0.2) is 0 Å². The third-order valence-electron chi connectivity index (χ3n) is 4.26. The Morgan fingerprint density at radius 2 is 2.12 bits per heavy atom. The fourth-order valence-corrected chi connectivity index (χ4v) is 2.99. The summed E-state index contributed by atoms with van der Waals surface area (Å²) in [6.45, 7) is 2.07. The third-order valence-corrected chi connectivity index (χ3v) is 4.26. The lowest BCUT2D eigenvalue weighted by Crippen LogP contribution is -2.23. The average Bonchev–Trinajstić information content (AvgIpc) is 2.69. The maximum atomic E-state index is 4.40. The Hall–Kier alpha value is -0.830. The van der Waals surface area contributed by atoms with Gasteiger partial charge in [-0.2, -0.15) is 0 Å². The van der Waals surface area contributed by atoms with Gasteiger partial charge in [0.05, 0.1) is 11.9 Å². The lowest BCUT2D eigenvalue weighted by atomic mass is 9.84. The molecule has 1 unspecified atom stereocenters. The lowest BCUT2D eigenvalue weighted by molar-refractivity contribution is 0.301. The summed E-state index contributed by atoms with van der Waals surface area (Å²) >= 11 is 0. The van der Waals surface area contributed by atoms with Crippen LogP contribution in [0.5, 0.6) is 0 Å². The molecule has 1 aliphatic rings. The normalized spacial score (nSPS) is 19.5. The summed E-state index contributed by atoms with van der Waals surface area (Å²) in [5, 5.41) is 3.46. The smallest absolute Gasteiger partial charge is 0.105 e. The molecule has 3 nitrogen and oxygen atoms in total. The first-order valence-electron chi connectivity index (χ1n) is 6.88. The van der Waals surface area contributed by atoms with Gasteiger partial charge in [0.25, 0.3) is 0 Å². The van der Waals surface area contributed by atoms with Crippen molar-refractivity contribution in [2.75, 3.05) is 7.05 Å². The molecular weight excluding hydrogens is 210 g/mol. The molecular formula is C14H25N3. The Labute approximate surface area is 105 Å². The van der Waals surface area contributed by atoms with Crippen LogP contribution >= 0.6 is 0 Å². The van der Waals surface area contributed by atoms with Crippen LogP contribution in [0.3, 0.4) is 0 Å². The number of nitrogens with one attached hydrogen (secondary N) is 1. The van der Waals surface area contributed by atoms with Crippen molar-refractivity contribution in [1.82, 2.24) is 14.9 Å². The molecule has 1 fully saturated rings. The molecule has 0 saturated heterocycles. The minimum atomic E-state index is 0.462. The number of rotatable bonds is 4. The largest absolute Gasteiger partial charge is 0.334 e. The van der Waals surface area contributed by atoms with Crippen LogP contribution in [-0.4, -0.2) is 16.6 Å². The van der Waals surface area contributed by atoms with Gasteiger partial charge in [-0.1, -0.05) is 32.1 Å². The first-order valence-corrected chi connectivity index (χ1v) is 6.88. The van der Waals surface area contributed by atoms with Gasteiger partial charge in [0.2, 0.25) is 0 Å². The first kappa shape index (κ1) is 12.6. The molecule has 0 aliphatic heterocycles. The van der Waals surface area contributed by atoms with Crippen molar-refractivity contribution >= 4 is 0 Å². The number of hydrogen-bond acceptors (Lipinski definition) is 2. The van der Waals surface area contributed by atoms with Gasteiger partial charge in [0.1, 0.15) is 5.82 Å². The molecule has 96 valence electrons. The quantitative estimate of drug-likeness (QED) is 0.869. The van der Waals surface area contributed by atoms with Crippen LogP contribution in [0.15, 0.2) is 6.20 Å². The molecule has 0 aromatic carbocycles. The van der Waals surface area contributed by atoms with E-state index in [-0.39, 0.29) is 0 Å². The van der Waals surface area contributed by atoms with Crippen molar-refractivity contribution in [3.05, 3.63) is 17.7 Å². The second-order valence-corrected chi connectivity index (χ2v) is 5.37. The average molecular weight is 235 g/mol. The minimum Gasteiger partial charge on any atom is -0.334 e. The Morgan fingerprint density at radius 3 is 2.65 bits per heavy atom. The second-order valence-electron chi connectivity index (χ2n) is 5.37. The summed E-state index contributed by atoms with van der Waals surface area (Å²) < 4.78 is 2.21. The summed E-state index contributed by atoms with van der Waals surface area (Å²) in [5.41, 5.74) is 1.33. The van der Waals surface area contributed by atoms with Crippen LogP contribution in [-0.2, 0) is 7.05 Å². The molecule has 3 heteroatoms. The molecule has 1 aliphatic carbocycles. The molecule has 0 radical (unpaired) electrons. The van der Waals surface area contributed by atoms with Crippen LogP contribution in [0.25, 0.3) is 0 Å². The van der Waals surface area contributed by atoms with E-state index in [1.54, 1.807) is 0 Å². The zero-order valence-electron chi connectivity index (χ0n) is 11.4.